The van der Waals surface area contributed by atoms with Gasteiger partial charge in [-0.1, -0.05) is 12.1 Å². The number of phenols is 1. The van der Waals surface area contributed by atoms with Crippen LogP contribution in [-0.2, 0) is 4.79 Å². The Labute approximate surface area is 144 Å². The summed E-state index contributed by atoms with van der Waals surface area (Å²) in [5.41, 5.74) is 1.04. The number of benzene rings is 2. The largest absolute Gasteiger partial charge is 0.507 e. The van der Waals surface area contributed by atoms with Gasteiger partial charge in [0.1, 0.15) is 5.75 Å². The van der Waals surface area contributed by atoms with Crippen LogP contribution in [0.1, 0.15) is 33.6 Å². The summed E-state index contributed by atoms with van der Waals surface area (Å²) in [6.07, 6.45) is 0.355. The number of carbonyl (C=O) groups excluding carboxylic acids is 2. The molecule has 0 unspecified atom stereocenters. The molecular formula is C18H18N2O5. The number of phenolic OH excluding ortho intramolecular Hbond substituents is 1. The van der Waals surface area contributed by atoms with Crippen molar-refractivity contribution in [1.82, 2.24) is 5.32 Å². The highest BCUT2D eigenvalue weighted by Crippen LogP contribution is 2.18. The molecule has 0 aliphatic heterocycles. The Hall–Kier alpha value is -3.35. The Bertz CT molecular complexity index is 771. The molecule has 0 bridgehead atoms. The first-order chi connectivity index (χ1) is 12.0. The second kappa shape index (κ2) is 8.49. The fraction of sp³-hybridized carbons (Fsp3) is 0.167. The molecule has 0 aliphatic carbocycles. The molecule has 0 aromatic heterocycles. The van der Waals surface area contributed by atoms with E-state index in [1.54, 1.807) is 36.4 Å². The van der Waals surface area contributed by atoms with Crippen LogP contribution >= 0.6 is 0 Å². The van der Waals surface area contributed by atoms with Gasteiger partial charge in [-0.2, -0.15) is 0 Å². The van der Waals surface area contributed by atoms with E-state index < -0.39 is 11.9 Å². The summed E-state index contributed by atoms with van der Waals surface area (Å²) < 4.78 is 0. The van der Waals surface area contributed by atoms with Gasteiger partial charge in [-0.15, -0.1) is 0 Å². The molecule has 0 fully saturated rings. The summed E-state index contributed by atoms with van der Waals surface area (Å²) in [6.45, 7) is 0.275. The number of carboxylic acids is 1. The van der Waals surface area contributed by atoms with Gasteiger partial charge in [-0.25, -0.2) is 0 Å². The smallest absolute Gasteiger partial charge is 0.303 e. The number of rotatable bonds is 7. The van der Waals surface area contributed by atoms with E-state index in [0.29, 0.717) is 17.7 Å². The first kappa shape index (κ1) is 18.0. The summed E-state index contributed by atoms with van der Waals surface area (Å²) in [6, 6.07) is 12.4. The summed E-state index contributed by atoms with van der Waals surface area (Å²) >= 11 is 0. The maximum absolute atomic E-state index is 12.1. The van der Waals surface area contributed by atoms with Crippen molar-refractivity contribution < 1.29 is 24.6 Å². The number of carboxylic acid groups (broad SMARTS) is 1. The first-order valence-electron chi connectivity index (χ1n) is 7.67. The lowest BCUT2D eigenvalue weighted by molar-refractivity contribution is -0.137. The monoisotopic (exact) mass is 342 g/mol. The quantitative estimate of drug-likeness (QED) is 0.576. The second-order valence-corrected chi connectivity index (χ2v) is 5.30. The van der Waals surface area contributed by atoms with Crippen LogP contribution in [0.2, 0.25) is 0 Å². The minimum Gasteiger partial charge on any atom is -0.507 e. The van der Waals surface area contributed by atoms with Gasteiger partial charge in [0.2, 0.25) is 0 Å². The Kier molecular flexibility index (Phi) is 6.11. The lowest BCUT2D eigenvalue weighted by atomic mass is 10.1. The lowest BCUT2D eigenvalue weighted by Crippen LogP contribution is -2.24. The van der Waals surface area contributed by atoms with Crippen LogP contribution in [-0.4, -0.2) is 34.5 Å². The molecule has 0 saturated heterocycles. The third kappa shape index (κ3) is 5.35. The number of aliphatic carboxylic acids is 1. The molecule has 7 heteroatoms. The van der Waals surface area contributed by atoms with Crippen molar-refractivity contribution in [3.05, 3.63) is 59.7 Å². The van der Waals surface area contributed by atoms with Crippen LogP contribution in [0, 0.1) is 0 Å². The van der Waals surface area contributed by atoms with Crippen molar-refractivity contribution in [1.29, 1.82) is 0 Å². The number of carbonyl (C=O) groups is 3. The van der Waals surface area contributed by atoms with Crippen molar-refractivity contribution in [2.45, 2.75) is 12.8 Å². The van der Waals surface area contributed by atoms with Gasteiger partial charge in [-0.05, 0) is 42.8 Å². The van der Waals surface area contributed by atoms with Crippen molar-refractivity contribution in [2.75, 3.05) is 11.9 Å². The van der Waals surface area contributed by atoms with Gasteiger partial charge in [0.15, 0.2) is 0 Å². The van der Waals surface area contributed by atoms with E-state index in [-0.39, 0.29) is 30.2 Å². The van der Waals surface area contributed by atoms with E-state index in [1.165, 1.54) is 12.1 Å². The van der Waals surface area contributed by atoms with Crippen LogP contribution in [0.4, 0.5) is 5.69 Å². The molecule has 0 radical (unpaired) electrons. The normalized spacial score (nSPS) is 10.1. The van der Waals surface area contributed by atoms with E-state index in [4.69, 9.17) is 5.11 Å². The van der Waals surface area contributed by atoms with Gasteiger partial charge in [-0.3, -0.25) is 14.4 Å². The van der Waals surface area contributed by atoms with Gasteiger partial charge in [0.05, 0.1) is 5.56 Å². The third-order valence-electron chi connectivity index (χ3n) is 3.41. The molecule has 0 saturated carbocycles. The Morgan fingerprint density at radius 3 is 2.24 bits per heavy atom. The number of anilines is 1. The minimum absolute atomic E-state index is 0.00240. The number of hydrogen-bond acceptors (Lipinski definition) is 4. The Morgan fingerprint density at radius 2 is 1.60 bits per heavy atom. The molecule has 0 aliphatic rings. The van der Waals surface area contributed by atoms with Crippen LogP contribution < -0.4 is 10.6 Å². The zero-order valence-electron chi connectivity index (χ0n) is 13.4. The standard InChI is InChI=1S/C18H18N2O5/c21-15-5-2-1-4-14(15)18(25)20-13-9-7-12(8-10-13)17(24)19-11-3-6-16(22)23/h1-2,4-5,7-10,21H,3,6,11H2,(H,19,24)(H,20,25)(H,22,23). The van der Waals surface area contributed by atoms with Gasteiger partial charge < -0.3 is 20.8 Å². The Balaban J connectivity index is 1.91. The van der Waals surface area contributed by atoms with E-state index in [9.17, 15) is 19.5 Å². The molecule has 0 atom stereocenters. The molecule has 25 heavy (non-hydrogen) atoms. The number of aromatic hydroxyl groups is 1. The van der Waals surface area contributed by atoms with Crippen LogP contribution in [0.25, 0.3) is 0 Å². The number of hydrogen-bond donors (Lipinski definition) is 4. The topological polar surface area (TPSA) is 116 Å². The number of amides is 2. The van der Waals surface area contributed by atoms with Crippen molar-refractivity contribution >= 4 is 23.5 Å². The van der Waals surface area contributed by atoms with E-state index in [2.05, 4.69) is 10.6 Å². The van der Waals surface area contributed by atoms with Crippen molar-refractivity contribution in [3.8, 4) is 5.75 Å². The molecule has 0 spiro atoms. The fourth-order valence-electron chi connectivity index (χ4n) is 2.11. The van der Waals surface area contributed by atoms with Crippen LogP contribution in [0.3, 0.4) is 0 Å². The highest BCUT2D eigenvalue weighted by atomic mass is 16.4. The zero-order chi connectivity index (χ0) is 18.2. The van der Waals surface area contributed by atoms with Crippen molar-refractivity contribution in [3.63, 3.8) is 0 Å². The summed E-state index contributed by atoms with van der Waals surface area (Å²) in [5, 5.41) is 23.5. The molecule has 7 nitrogen and oxygen atoms in total. The molecule has 4 N–H and O–H groups in total. The SMILES string of the molecule is O=C(O)CCCNC(=O)c1ccc(NC(=O)c2ccccc2O)cc1. The van der Waals surface area contributed by atoms with E-state index in [1.807, 2.05) is 0 Å². The van der Waals surface area contributed by atoms with Crippen molar-refractivity contribution in [2.24, 2.45) is 0 Å². The van der Waals surface area contributed by atoms with Crippen LogP contribution in [0.15, 0.2) is 48.5 Å². The van der Waals surface area contributed by atoms with Gasteiger partial charge in [0, 0.05) is 24.2 Å². The second-order valence-electron chi connectivity index (χ2n) is 5.30. The zero-order valence-corrected chi connectivity index (χ0v) is 13.4. The molecule has 2 rings (SSSR count). The summed E-state index contributed by atoms with van der Waals surface area (Å²) in [4.78, 5) is 34.4. The van der Waals surface area contributed by atoms with E-state index in [0.717, 1.165) is 0 Å². The summed E-state index contributed by atoms with van der Waals surface area (Å²) in [5.74, 6) is -1.79. The first-order valence-corrected chi connectivity index (χ1v) is 7.67. The maximum Gasteiger partial charge on any atom is 0.303 e. The summed E-state index contributed by atoms with van der Waals surface area (Å²) in [7, 11) is 0. The van der Waals surface area contributed by atoms with Gasteiger partial charge >= 0.3 is 5.97 Å². The minimum atomic E-state index is -0.904. The van der Waals surface area contributed by atoms with Crippen LogP contribution in [0.5, 0.6) is 5.75 Å². The molecule has 2 aromatic carbocycles. The number of nitrogens with one attached hydrogen (secondary N) is 2. The molecular weight excluding hydrogens is 324 g/mol. The lowest BCUT2D eigenvalue weighted by Gasteiger charge is -2.08. The molecule has 0 heterocycles. The van der Waals surface area contributed by atoms with Gasteiger partial charge in [0.25, 0.3) is 11.8 Å². The third-order valence-corrected chi connectivity index (χ3v) is 3.41. The highest BCUT2D eigenvalue weighted by molar-refractivity contribution is 6.06. The fourth-order valence-corrected chi connectivity index (χ4v) is 2.11. The molecule has 130 valence electrons. The average Bonchev–Trinajstić information content (AvgIpc) is 2.59. The molecule has 2 amide bonds. The number of para-hydroxylation sites is 1. The average molecular weight is 342 g/mol. The predicted molar refractivity (Wildman–Crippen MR) is 91.7 cm³/mol. The predicted octanol–water partition coefficient (Wildman–Crippen LogP) is 2.24. The molecule has 2 aromatic rings. The maximum atomic E-state index is 12.1. The Morgan fingerprint density at radius 1 is 0.920 bits per heavy atom. The highest BCUT2D eigenvalue weighted by Gasteiger charge is 2.11. The van der Waals surface area contributed by atoms with E-state index >= 15 is 0 Å².